The zero-order chi connectivity index (χ0) is 17.5. The lowest BCUT2D eigenvalue weighted by Gasteiger charge is -2.25. The first-order chi connectivity index (χ1) is 12.3. The van der Waals surface area contributed by atoms with Crippen molar-refractivity contribution in [3.05, 3.63) is 65.5 Å². The SMILES string of the molecule is C[C@@H](C(=O)NCCCO[C@H]1CCCc2ccccc21)c1ccccn1. The number of aromatic nitrogens is 1. The average molecular weight is 338 g/mol. The lowest BCUT2D eigenvalue weighted by molar-refractivity contribution is -0.122. The maximum Gasteiger partial charge on any atom is 0.228 e. The Morgan fingerprint density at radius 2 is 2.12 bits per heavy atom. The van der Waals surface area contributed by atoms with Crippen molar-refractivity contribution >= 4 is 5.91 Å². The van der Waals surface area contributed by atoms with Crippen LogP contribution in [0.5, 0.6) is 0 Å². The van der Waals surface area contributed by atoms with Gasteiger partial charge in [0.2, 0.25) is 5.91 Å². The van der Waals surface area contributed by atoms with E-state index in [1.54, 1.807) is 6.20 Å². The summed E-state index contributed by atoms with van der Waals surface area (Å²) >= 11 is 0. The molecule has 2 atom stereocenters. The number of pyridine rings is 1. The minimum Gasteiger partial charge on any atom is -0.373 e. The van der Waals surface area contributed by atoms with E-state index in [1.165, 1.54) is 17.5 Å². The molecular weight excluding hydrogens is 312 g/mol. The van der Waals surface area contributed by atoms with Crippen LogP contribution in [0.3, 0.4) is 0 Å². The molecule has 0 bridgehead atoms. The standard InChI is InChI=1S/C21H26N2O2/c1-16(19-11-4-5-13-22-19)21(24)23-14-7-15-25-20-12-6-9-17-8-2-3-10-18(17)20/h2-5,8,10-11,13,16,20H,6-7,9,12,14-15H2,1H3,(H,23,24)/t16-,20+/m1/s1. The number of carbonyl (C=O) groups is 1. The minimum absolute atomic E-state index is 0.0155. The van der Waals surface area contributed by atoms with Crippen molar-refractivity contribution in [2.45, 2.75) is 44.6 Å². The van der Waals surface area contributed by atoms with Gasteiger partial charge in [-0.25, -0.2) is 0 Å². The molecule has 132 valence electrons. The number of hydrogen-bond donors (Lipinski definition) is 1. The van der Waals surface area contributed by atoms with Gasteiger partial charge in [0.05, 0.1) is 17.7 Å². The third-order valence-electron chi connectivity index (χ3n) is 4.78. The van der Waals surface area contributed by atoms with Crippen molar-refractivity contribution < 1.29 is 9.53 Å². The largest absolute Gasteiger partial charge is 0.373 e. The van der Waals surface area contributed by atoms with Gasteiger partial charge in [0.15, 0.2) is 0 Å². The van der Waals surface area contributed by atoms with Crippen molar-refractivity contribution in [3.63, 3.8) is 0 Å². The summed E-state index contributed by atoms with van der Waals surface area (Å²) in [5.41, 5.74) is 3.55. The molecular formula is C21H26N2O2. The van der Waals surface area contributed by atoms with Crippen LogP contribution in [0, 0.1) is 0 Å². The first kappa shape index (κ1) is 17.6. The molecule has 3 rings (SSSR count). The lowest BCUT2D eigenvalue weighted by atomic mass is 9.89. The van der Waals surface area contributed by atoms with Crippen LogP contribution < -0.4 is 5.32 Å². The van der Waals surface area contributed by atoms with E-state index in [9.17, 15) is 4.79 Å². The first-order valence-corrected chi connectivity index (χ1v) is 9.14. The zero-order valence-electron chi connectivity index (χ0n) is 14.8. The molecule has 4 heteroatoms. The van der Waals surface area contributed by atoms with Crippen LogP contribution in [-0.4, -0.2) is 24.0 Å². The topological polar surface area (TPSA) is 51.2 Å². The van der Waals surface area contributed by atoms with Crippen molar-refractivity contribution in [1.29, 1.82) is 0 Å². The minimum atomic E-state index is -0.229. The Kier molecular flexibility index (Phi) is 6.18. The van der Waals surface area contributed by atoms with E-state index < -0.39 is 0 Å². The van der Waals surface area contributed by atoms with E-state index in [0.717, 1.165) is 25.0 Å². The Labute approximate surface area is 149 Å². The van der Waals surface area contributed by atoms with Gasteiger partial charge in [-0.05, 0) is 55.9 Å². The van der Waals surface area contributed by atoms with E-state index in [-0.39, 0.29) is 17.9 Å². The van der Waals surface area contributed by atoms with Crippen LogP contribution in [0.1, 0.15) is 55.0 Å². The maximum atomic E-state index is 12.2. The predicted octanol–water partition coefficient (Wildman–Crippen LogP) is 3.79. The summed E-state index contributed by atoms with van der Waals surface area (Å²) in [6.45, 7) is 3.18. The Morgan fingerprint density at radius 3 is 2.96 bits per heavy atom. The molecule has 2 aromatic rings. The van der Waals surface area contributed by atoms with Crippen LogP contribution in [0.4, 0.5) is 0 Å². The average Bonchev–Trinajstić information content (AvgIpc) is 2.67. The van der Waals surface area contributed by atoms with Gasteiger partial charge in [-0.1, -0.05) is 30.3 Å². The van der Waals surface area contributed by atoms with Crippen LogP contribution in [0.2, 0.25) is 0 Å². The molecule has 0 fully saturated rings. The lowest BCUT2D eigenvalue weighted by Crippen LogP contribution is -2.30. The first-order valence-electron chi connectivity index (χ1n) is 9.14. The zero-order valence-corrected chi connectivity index (χ0v) is 14.8. The highest BCUT2D eigenvalue weighted by Gasteiger charge is 2.20. The van der Waals surface area contributed by atoms with Crippen LogP contribution in [-0.2, 0) is 16.0 Å². The van der Waals surface area contributed by atoms with E-state index in [4.69, 9.17) is 4.74 Å². The maximum absolute atomic E-state index is 12.2. The predicted molar refractivity (Wildman–Crippen MR) is 98.4 cm³/mol. The molecule has 1 aliphatic carbocycles. The van der Waals surface area contributed by atoms with Crippen LogP contribution in [0.15, 0.2) is 48.7 Å². The molecule has 4 nitrogen and oxygen atoms in total. The van der Waals surface area contributed by atoms with Gasteiger partial charge in [-0.3, -0.25) is 9.78 Å². The second kappa shape index (κ2) is 8.77. The van der Waals surface area contributed by atoms with Gasteiger partial charge in [-0.15, -0.1) is 0 Å². The molecule has 1 heterocycles. The van der Waals surface area contributed by atoms with Crippen molar-refractivity contribution in [1.82, 2.24) is 10.3 Å². The van der Waals surface area contributed by atoms with E-state index >= 15 is 0 Å². The van der Waals surface area contributed by atoms with Crippen molar-refractivity contribution in [2.24, 2.45) is 0 Å². The summed E-state index contributed by atoms with van der Waals surface area (Å²) < 4.78 is 6.07. The van der Waals surface area contributed by atoms with Gasteiger partial charge in [0, 0.05) is 19.3 Å². The summed E-state index contributed by atoms with van der Waals surface area (Å²) in [6, 6.07) is 14.2. The number of nitrogens with zero attached hydrogens (tertiary/aromatic N) is 1. The summed E-state index contributed by atoms with van der Waals surface area (Å²) in [5, 5.41) is 2.98. The fourth-order valence-corrected chi connectivity index (χ4v) is 3.31. The molecule has 1 amide bonds. The normalized spacial score (nSPS) is 17.6. The van der Waals surface area contributed by atoms with Crippen molar-refractivity contribution in [3.8, 4) is 0 Å². The summed E-state index contributed by atoms with van der Waals surface area (Å²) in [6.07, 6.45) is 6.15. The van der Waals surface area contributed by atoms with E-state index in [1.807, 2.05) is 25.1 Å². The number of ether oxygens (including phenoxy) is 1. The van der Waals surface area contributed by atoms with Gasteiger partial charge in [0.25, 0.3) is 0 Å². The quantitative estimate of drug-likeness (QED) is 0.782. The summed E-state index contributed by atoms with van der Waals surface area (Å²) in [7, 11) is 0. The Morgan fingerprint density at radius 1 is 1.28 bits per heavy atom. The fraction of sp³-hybridized carbons (Fsp3) is 0.429. The number of benzene rings is 1. The molecule has 0 spiro atoms. The molecule has 0 unspecified atom stereocenters. The van der Waals surface area contributed by atoms with Gasteiger partial charge >= 0.3 is 0 Å². The second-order valence-corrected chi connectivity index (χ2v) is 6.57. The third kappa shape index (κ3) is 4.67. The number of fused-ring (bicyclic) bond motifs is 1. The third-order valence-corrected chi connectivity index (χ3v) is 4.78. The van der Waals surface area contributed by atoms with Gasteiger partial charge in [-0.2, -0.15) is 0 Å². The molecule has 0 saturated carbocycles. The fourth-order valence-electron chi connectivity index (χ4n) is 3.31. The number of amides is 1. The van der Waals surface area contributed by atoms with E-state index in [0.29, 0.717) is 13.2 Å². The summed E-state index contributed by atoms with van der Waals surface area (Å²) in [5.74, 6) is -0.214. The van der Waals surface area contributed by atoms with Gasteiger partial charge < -0.3 is 10.1 Å². The Balaban J connectivity index is 1.39. The highest BCUT2D eigenvalue weighted by Crippen LogP contribution is 2.32. The molecule has 1 N–H and O–H groups in total. The smallest absolute Gasteiger partial charge is 0.228 e. The molecule has 25 heavy (non-hydrogen) atoms. The number of hydrogen-bond acceptors (Lipinski definition) is 3. The number of carbonyl (C=O) groups excluding carboxylic acids is 1. The highest BCUT2D eigenvalue weighted by atomic mass is 16.5. The molecule has 0 radical (unpaired) electrons. The molecule has 1 aromatic carbocycles. The molecule has 1 aromatic heterocycles. The Bertz CT molecular complexity index is 687. The molecule has 0 aliphatic heterocycles. The monoisotopic (exact) mass is 338 g/mol. The summed E-state index contributed by atoms with van der Waals surface area (Å²) in [4.78, 5) is 16.4. The molecule has 0 saturated heterocycles. The molecule has 1 aliphatic rings. The number of rotatable bonds is 7. The highest BCUT2D eigenvalue weighted by molar-refractivity contribution is 5.82. The van der Waals surface area contributed by atoms with Crippen molar-refractivity contribution in [2.75, 3.05) is 13.2 Å². The van der Waals surface area contributed by atoms with Gasteiger partial charge in [0.1, 0.15) is 0 Å². The number of nitrogens with one attached hydrogen (secondary N) is 1. The van der Waals surface area contributed by atoms with Crippen LogP contribution in [0.25, 0.3) is 0 Å². The Hall–Kier alpha value is -2.20. The van der Waals surface area contributed by atoms with E-state index in [2.05, 4.69) is 34.6 Å². The second-order valence-electron chi connectivity index (χ2n) is 6.57. The van der Waals surface area contributed by atoms with Crippen LogP contribution >= 0.6 is 0 Å². The number of aryl methyl sites for hydroxylation is 1.